The Kier molecular flexibility index (Phi) is 5.82. The number of carbonyl (C=O) groups is 2. The van der Waals surface area contributed by atoms with Gasteiger partial charge >= 0.3 is 5.97 Å². The first-order chi connectivity index (χ1) is 15.1. The normalized spacial score (nSPS) is 11.8. The fourth-order valence-corrected chi connectivity index (χ4v) is 4.37. The van der Waals surface area contributed by atoms with Crippen LogP contribution < -0.4 is 4.74 Å². The lowest BCUT2D eigenvalue weighted by molar-refractivity contribution is -0.139. The van der Waals surface area contributed by atoms with Crippen LogP contribution >= 0.6 is 15.9 Å². The van der Waals surface area contributed by atoms with E-state index < -0.39 is 12.6 Å². The standard InChI is InChI=1S/C26H23BrO5/c1-26(2,3)13-19(28)23-18-6-4-5-7-20(18)32-25(23)16-8-10-17-15(12-16)9-11-21(24(17)27)31-14-22(29)30/h4-12H,13-14H2,1-3H3,(H,29,30). The lowest BCUT2D eigenvalue weighted by Gasteiger charge is -2.17. The van der Waals surface area contributed by atoms with Gasteiger partial charge in [-0.3, -0.25) is 4.79 Å². The van der Waals surface area contributed by atoms with Crippen molar-refractivity contribution in [1.29, 1.82) is 0 Å². The summed E-state index contributed by atoms with van der Waals surface area (Å²) in [6, 6.07) is 17.0. The van der Waals surface area contributed by atoms with Gasteiger partial charge in [0.25, 0.3) is 0 Å². The topological polar surface area (TPSA) is 76.7 Å². The van der Waals surface area contributed by atoms with Crippen molar-refractivity contribution in [3.8, 4) is 17.1 Å². The van der Waals surface area contributed by atoms with Crippen LogP contribution in [0.3, 0.4) is 0 Å². The zero-order valence-corrected chi connectivity index (χ0v) is 19.7. The van der Waals surface area contributed by atoms with Crippen LogP contribution in [0.5, 0.6) is 5.75 Å². The van der Waals surface area contributed by atoms with Gasteiger partial charge in [0.2, 0.25) is 0 Å². The number of carbonyl (C=O) groups excluding carboxylic acids is 1. The summed E-state index contributed by atoms with van der Waals surface area (Å²) in [5, 5.41) is 11.5. The number of furan rings is 1. The molecular weight excluding hydrogens is 472 g/mol. The molecule has 4 rings (SSSR count). The molecule has 0 spiro atoms. The van der Waals surface area contributed by atoms with Gasteiger partial charge in [-0.05, 0) is 50.3 Å². The Morgan fingerprint density at radius 1 is 1.03 bits per heavy atom. The maximum atomic E-state index is 13.3. The second kappa shape index (κ2) is 8.43. The third-order valence-corrected chi connectivity index (χ3v) is 5.92. The summed E-state index contributed by atoms with van der Waals surface area (Å²) in [5.74, 6) is 0.0305. The van der Waals surface area contributed by atoms with Crippen molar-refractivity contribution >= 4 is 49.4 Å². The Balaban J connectivity index is 1.82. The van der Waals surface area contributed by atoms with E-state index in [4.69, 9.17) is 14.3 Å². The van der Waals surface area contributed by atoms with Crippen molar-refractivity contribution in [2.24, 2.45) is 5.41 Å². The van der Waals surface area contributed by atoms with Gasteiger partial charge in [-0.15, -0.1) is 0 Å². The number of aliphatic carboxylic acids is 1. The monoisotopic (exact) mass is 494 g/mol. The number of carboxylic acid groups (broad SMARTS) is 1. The summed E-state index contributed by atoms with van der Waals surface area (Å²) >= 11 is 3.52. The summed E-state index contributed by atoms with van der Waals surface area (Å²) in [5.41, 5.74) is 1.94. The molecule has 0 saturated heterocycles. The molecule has 1 N–H and O–H groups in total. The molecule has 0 amide bonds. The van der Waals surface area contributed by atoms with Gasteiger partial charge in [0.05, 0.1) is 10.0 Å². The molecule has 1 heterocycles. The zero-order chi connectivity index (χ0) is 23.0. The van der Waals surface area contributed by atoms with Crippen molar-refractivity contribution in [3.63, 3.8) is 0 Å². The largest absolute Gasteiger partial charge is 0.481 e. The van der Waals surface area contributed by atoms with Crippen LogP contribution in [0.2, 0.25) is 0 Å². The molecule has 0 atom stereocenters. The quantitative estimate of drug-likeness (QED) is 0.289. The first kappa shape index (κ1) is 22.1. The fraction of sp³-hybridized carbons (Fsp3) is 0.231. The number of para-hydroxylation sites is 1. The number of carboxylic acids is 1. The second-order valence-electron chi connectivity index (χ2n) is 8.96. The Morgan fingerprint density at radius 2 is 1.78 bits per heavy atom. The summed E-state index contributed by atoms with van der Waals surface area (Å²) in [6.07, 6.45) is 0.410. The van der Waals surface area contributed by atoms with Gasteiger partial charge < -0.3 is 14.3 Å². The van der Waals surface area contributed by atoms with Crippen LogP contribution in [-0.2, 0) is 4.79 Å². The Bertz CT molecular complexity index is 1340. The molecule has 4 aromatic rings. The van der Waals surface area contributed by atoms with Crippen molar-refractivity contribution in [2.75, 3.05) is 6.61 Å². The van der Waals surface area contributed by atoms with E-state index in [0.29, 0.717) is 33.5 Å². The smallest absolute Gasteiger partial charge is 0.341 e. The van der Waals surface area contributed by atoms with Crippen LogP contribution in [0.15, 0.2) is 63.5 Å². The lowest BCUT2D eigenvalue weighted by atomic mass is 9.86. The molecule has 0 aliphatic rings. The van der Waals surface area contributed by atoms with Gasteiger partial charge in [-0.25, -0.2) is 4.79 Å². The van der Waals surface area contributed by atoms with Crippen molar-refractivity contribution in [2.45, 2.75) is 27.2 Å². The Labute approximate surface area is 194 Å². The number of Topliss-reactive ketones (excluding diaryl/α,β-unsaturated/α-hetero) is 1. The van der Waals surface area contributed by atoms with Crippen LogP contribution in [-0.4, -0.2) is 23.5 Å². The minimum Gasteiger partial charge on any atom is -0.481 e. The molecule has 0 radical (unpaired) electrons. The van der Waals surface area contributed by atoms with Crippen molar-refractivity contribution in [1.82, 2.24) is 0 Å². The third kappa shape index (κ3) is 4.41. The number of rotatable bonds is 6. The van der Waals surface area contributed by atoms with Crippen molar-refractivity contribution in [3.05, 3.63) is 64.6 Å². The molecule has 0 bridgehead atoms. The van der Waals surface area contributed by atoms with Gasteiger partial charge in [-0.1, -0.05) is 57.2 Å². The molecule has 3 aromatic carbocycles. The summed E-state index contributed by atoms with van der Waals surface area (Å²) in [6.45, 7) is 5.72. The first-order valence-corrected chi connectivity index (χ1v) is 11.1. The predicted octanol–water partition coefficient (Wildman–Crippen LogP) is 7.10. The van der Waals surface area contributed by atoms with E-state index in [1.807, 2.05) is 69.3 Å². The fourth-order valence-electron chi connectivity index (χ4n) is 3.76. The number of halogens is 1. The van der Waals surface area contributed by atoms with Gasteiger partial charge in [-0.2, -0.15) is 0 Å². The highest BCUT2D eigenvalue weighted by Gasteiger charge is 2.26. The molecule has 164 valence electrons. The second-order valence-corrected chi connectivity index (χ2v) is 9.75. The zero-order valence-electron chi connectivity index (χ0n) is 18.1. The molecule has 0 fully saturated rings. The lowest BCUT2D eigenvalue weighted by Crippen LogP contribution is -2.13. The molecule has 0 saturated carbocycles. The molecular formula is C26H23BrO5. The summed E-state index contributed by atoms with van der Waals surface area (Å²) < 4.78 is 12.2. The highest BCUT2D eigenvalue weighted by molar-refractivity contribution is 9.10. The van der Waals surface area contributed by atoms with Crippen molar-refractivity contribution < 1.29 is 23.8 Å². The number of benzene rings is 3. The van der Waals surface area contributed by atoms with Gasteiger partial charge in [0, 0.05) is 17.4 Å². The summed E-state index contributed by atoms with van der Waals surface area (Å²) in [4.78, 5) is 24.1. The van der Waals surface area contributed by atoms with Gasteiger partial charge in [0.15, 0.2) is 12.4 Å². The van der Waals surface area contributed by atoms with Crippen LogP contribution in [0.1, 0.15) is 37.6 Å². The minimum atomic E-state index is -1.04. The molecule has 32 heavy (non-hydrogen) atoms. The van der Waals surface area contributed by atoms with Crippen LogP contribution in [0, 0.1) is 5.41 Å². The van der Waals surface area contributed by atoms with E-state index in [2.05, 4.69) is 15.9 Å². The highest BCUT2D eigenvalue weighted by atomic mass is 79.9. The number of hydrogen-bond donors (Lipinski definition) is 1. The maximum Gasteiger partial charge on any atom is 0.341 e. The Hall–Kier alpha value is -3.12. The van der Waals surface area contributed by atoms with E-state index in [1.165, 1.54) is 0 Å². The van der Waals surface area contributed by atoms with E-state index >= 15 is 0 Å². The number of ether oxygens (including phenoxy) is 1. The molecule has 1 aromatic heterocycles. The molecule has 6 heteroatoms. The van der Waals surface area contributed by atoms with Gasteiger partial charge in [0.1, 0.15) is 17.1 Å². The van der Waals surface area contributed by atoms with E-state index in [0.717, 1.165) is 21.7 Å². The van der Waals surface area contributed by atoms with Crippen LogP contribution in [0.4, 0.5) is 0 Å². The Morgan fingerprint density at radius 3 is 2.50 bits per heavy atom. The average molecular weight is 495 g/mol. The first-order valence-electron chi connectivity index (χ1n) is 10.3. The maximum absolute atomic E-state index is 13.3. The SMILES string of the molecule is CC(C)(C)CC(=O)c1c(-c2ccc3c(Br)c(OCC(=O)O)ccc3c2)oc2ccccc12. The minimum absolute atomic E-state index is 0.0520. The predicted molar refractivity (Wildman–Crippen MR) is 128 cm³/mol. The summed E-state index contributed by atoms with van der Waals surface area (Å²) in [7, 11) is 0. The van der Waals surface area contributed by atoms with E-state index in [-0.39, 0.29) is 11.2 Å². The van der Waals surface area contributed by atoms with Crippen LogP contribution in [0.25, 0.3) is 33.1 Å². The number of fused-ring (bicyclic) bond motifs is 2. The highest BCUT2D eigenvalue weighted by Crippen LogP contribution is 2.39. The number of hydrogen-bond acceptors (Lipinski definition) is 4. The molecule has 5 nitrogen and oxygen atoms in total. The molecule has 0 aliphatic carbocycles. The van der Waals surface area contributed by atoms with E-state index in [1.54, 1.807) is 6.07 Å². The number of ketones is 1. The third-order valence-electron chi connectivity index (χ3n) is 5.10. The molecule has 0 unspecified atom stereocenters. The molecule has 0 aliphatic heterocycles. The average Bonchev–Trinajstić information content (AvgIpc) is 3.11. The van der Waals surface area contributed by atoms with E-state index in [9.17, 15) is 9.59 Å².